The molecule has 0 saturated heterocycles. The molecule has 0 bridgehead atoms. The van der Waals surface area contributed by atoms with E-state index in [1.807, 2.05) is 0 Å². The third-order valence-corrected chi connectivity index (χ3v) is 4.59. The number of aliphatic hydroxyl groups excluding tert-OH is 1. The minimum absolute atomic E-state index is 0.118. The monoisotopic (exact) mass is 227 g/mol. The van der Waals surface area contributed by atoms with Crippen LogP contribution in [0.1, 0.15) is 47.5 Å². The summed E-state index contributed by atoms with van der Waals surface area (Å²) in [7, 11) is 2.18. The molecule has 1 N–H and O–H groups in total. The van der Waals surface area contributed by atoms with Gasteiger partial charge in [-0.2, -0.15) is 0 Å². The van der Waals surface area contributed by atoms with Gasteiger partial charge < -0.3 is 10.0 Å². The van der Waals surface area contributed by atoms with Crippen molar-refractivity contribution >= 4 is 0 Å². The molecule has 1 aliphatic rings. The van der Waals surface area contributed by atoms with E-state index in [0.29, 0.717) is 17.9 Å². The van der Waals surface area contributed by atoms with Crippen LogP contribution in [0, 0.1) is 17.3 Å². The second kappa shape index (κ2) is 5.05. The van der Waals surface area contributed by atoms with Crippen molar-refractivity contribution in [3.8, 4) is 0 Å². The molecule has 1 aliphatic carbocycles. The van der Waals surface area contributed by atoms with Gasteiger partial charge in [-0.3, -0.25) is 0 Å². The molecule has 1 saturated carbocycles. The van der Waals surface area contributed by atoms with E-state index in [9.17, 15) is 5.11 Å². The highest BCUT2D eigenvalue weighted by Gasteiger charge is 2.41. The molecule has 0 aromatic carbocycles. The quantitative estimate of drug-likeness (QED) is 0.798. The van der Waals surface area contributed by atoms with Crippen LogP contribution < -0.4 is 0 Å². The van der Waals surface area contributed by atoms with Gasteiger partial charge in [-0.05, 0) is 44.1 Å². The van der Waals surface area contributed by atoms with Gasteiger partial charge in [-0.15, -0.1) is 0 Å². The maximum atomic E-state index is 10.3. The Morgan fingerprint density at radius 2 is 1.88 bits per heavy atom. The van der Waals surface area contributed by atoms with Crippen molar-refractivity contribution in [1.82, 2.24) is 4.90 Å². The lowest BCUT2D eigenvalue weighted by Gasteiger charge is -2.33. The molecule has 0 aromatic heterocycles. The fourth-order valence-corrected chi connectivity index (χ4v) is 2.74. The molecular weight excluding hydrogens is 198 g/mol. The van der Waals surface area contributed by atoms with Crippen LogP contribution in [0.15, 0.2) is 0 Å². The Hall–Kier alpha value is -0.0800. The highest BCUT2D eigenvalue weighted by molar-refractivity contribution is 4.92. The van der Waals surface area contributed by atoms with Gasteiger partial charge in [-0.25, -0.2) is 0 Å². The molecule has 1 fully saturated rings. The standard InChI is InChI=1S/C14H29NO/c1-10(2)11(3)15(6)9-12-7-8-14(4,5)13(12)16/h10-13,16H,7-9H2,1-6H3. The lowest BCUT2D eigenvalue weighted by Crippen LogP contribution is -2.40. The van der Waals surface area contributed by atoms with Crippen molar-refractivity contribution in [1.29, 1.82) is 0 Å². The van der Waals surface area contributed by atoms with Crippen molar-refractivity contribution in [2.75, 3.05) is 13.6 Å². The van der Waals surface area contributed by atoms with Crippen LogP contribution in [0.2, 0.25) is 0 Å². The van der Waals surface area contributed by atoms with E-state index < -0.39 is 0 Å². The Kier molecular flexibility index (Phi) is 4.42. The summed E-state index contributed by atoms with van der Waals surface area (Å²) in [6.45, 7) is 12.2. The first-order valence-corrected chi connectivity index (χ1v) is 6.64. The van der Waals surface area contributed by atoms with Gasteiger partial charge in [0.15, 0.2) is 0 Å². The molecule has 0 radical (unpaired) electrons. The number of aliphatic hydroxyl groups is 1. The molecule has 16 heavy (non-hydrogen) atoms. The third-order valence-electron chi connectivity index (χ3n) is 4.59. The normalized spacial score (nSPS) is 31.3. The zero-order chi connectivity index (χ0) is 12.5. The fourth-order valence-electron chi connectivity index (χ4n) is 2.74. The van der Waals surface area contributed by atoms with E-state index in [-0.39, 0.29) is 11.5 Å². The van der Waals surface area contributed by atoms with E-state index in [1.54, 1.807) is 0 Å². The SMILES string of the molecule is CC(C)C(C)N(C)CC1CCC(C)(C)C1O. The Morgan fingerprint density at radius 3 is 2.25 bits per heavy atom. The predicted octanol–water partition coefficient (Wildman–Crippen LogP) is 2.76. The summed E-state index contributed by atoms with van der Waals surface area (Å²) in [6.07, 6.45) is 2.20. The average Bonchev–Trinajstić information content (AvgIpc) is 2.43. The largest absolute Gasteiger partial charge is 0.392 e. The van der Waals surface area contributed by atoms with E-state index in [0.717, 1.165) is 13.0 Å². The number of nitrogens with zero attached hydrogens (tertiary/aromatic N) is 1. The molecule has 0 aromatic rings. The van der Waals surface area contributed by atoms with Crippen LogP contribution in [0.3, 0.4) is 0 Å². The summed E-state index contributed by atoms with van der Waals surface area (Å²) in [5, 5.41) is 10.3. The van der Waals surface area contributed by atoms with Crippen molar-refractivity contribution < 1.29 is 5.11 Å². The van der Waals surface area contributed by atoms with Gasteiger partial charge in [0.05, 0.1) is 6.10 Å². The average molecular weight is 227 g/mol. The van der Waals surface area contributed by atoms with Crippen LogP contribution >= 0.6 is 0 Å². The molecule has 2 heteroatoms. The summed E-state index contributed by atoms with van der Waals surface area (Å²) in [4.78, 5) is 2.40. The van der Waals surface area contributed by atoms with Crippen LogP contribution in [-0.4, -0.2) is 35.7 Å². The van der Waals surface area contributed by atoms with E-state index in [1.165, 1.54) is 6.42 Å². The van der Waals surface area contributed by atoms with Gasteiger partial charge >= 0.3 is 0 Å². The van der Waals surface area contributed by atoms with Gasteiger partial charge in [0.2, 0.25) is 0 Å². The zero-order valence-electron chi connectivity index (χ0n) is 11.8. The maximum absolute atomic E-state index is 10.3. The predicted molar refractivity (Wildman–Crippen MR) is 69.4 cm³/mol. The van der Waals surface area contributed by atoms with Crippen molar-refractivity contribution in [2.24, 2.45) is 17.3 Å². The minimum Gasteiger partial charge on any atom is -0.392 e. The van der Waals surface area contributed by atoms with E-state index in [2.05, 4.69) is 46.6 Å². The second-order valence-corrected chi connectivity index (χ2v) is 6.66. The lowest BCUT2D eigenvalue weighted by molar-refractivity contribution is 0.0290. The Balaban J connectivity index is 2.50. The summed E-state index contributed by atoms with van der Waals surface area (Å²) in [5.74, 6) is 1.14. The number of rotatable bonds is 4. The minimum atomic E-state index is -0.130. The highest BCUT2D eigenvalue weighted by Crippen LogP contribution is 2.41. The van der Waals surface area contributed by atoms with Gasteiger partial charge in [0.1, 0.15) is 0 Å². The Morgan fingerprint density at radius 1 is 1.31 bits per heavy atom. The Bertz CT molecular complexity index is 225. The maximum Gasteiger partial charge on any atom is 0.0631 e. The molecule has 0 aliphatic heterocycles. The summed E-state index contributed by atoms with van der Waals surface area (Å²) >= 11 is 0. The van der Waals surface area contributed by atoms with Gasteiger partial charge in [-0.1, -0.05) is 27.7 Å². The molecule has 2 nitrogen and oxygen atoms in total. The first-order valence-electron chi connectivity index (χ1n) is 6.64. The smallest absolute Gasteiger partial charge is 0.0631 e. The highest BCUT2D eigenvalue weighted by atomic mass is 16.3. The Labute approximate surface area is 101 Å². The third kappa shape index (κ3) is 2.98. The molecule has 3 atom stereocenters. The molecule has 0 amide bonds. The van der Waals surface area contributed by atoms with Crippen LogP contribution in [0.4, 0.5) is 0 Å². The molecule has 3 unspecified atom stereocenters. The summed E-state index contributed by atoms with van der Waals surface area (Å²) in [5.41, 5.74) is 0.118. The fraction of sp³-hybridized carbons (Fsp3) is 1.00. The van der Waals surface area contributed by atoms with E-state index in [4.69, 9.17) is 0 Å². The summed E-state index contributed by atoms with van der Waals surface area (Å²) < 4.78 is 0. The molecule has 96 valence electrons. The number of hydrogen-bond acceptors (Lipinski definition) is 2. The first kappa shape index (κ1) is 14.0. The molecule has 1 rings (SSSR count). The van der Waals surface area contributed by atoms with Crippen molar-refractivity contribution in [3.63, 3.8) is 0 Å². The summed E-state index contributed by atoms with van der Waals surface area (Å²) in [6, 6.07) is 0.593. The first-order chi connectivity index (χ1) is 7.25. The van der Waals surface area contributed by atoms with Gasteiger partial charge in [0.25, 0.3) is 0 Å². The topological polar surface area (TPSA) is 23.5 Å². The van der Waals surface area contributed by atoms with Crippen LogP contribution in [0.25, 0.3) is 0 Å². The second-order valence-electron chi connectivity index (χ2n) is 6.66. The zero-order valence-corrected chi connectivity index (χ0v) is 11.8. The molecule has 0 spiro atoms. The van der Waals surface area contributed by atoms with Gasteiger partial charge in [0, 0.05) is 12.6 Å². The molecule has 0 heterocycles. The van der Waals surface area contributed by atoms with E-state index >= 15 is 0 Å². The van der Waals surface area contributed by atoms with Crippen molar-refractivity contribution in [3.05, 3.63) is 0 Å². The van der Waals surface area contributed by atoms with Crippen LogP contribution in [-0.2, 0) is 0 Å². The van der Waals surface area contributed by atoms with Crippen LogP contribution in [0.5, 0.6) is 0 Å². The molecular formula is C14H29NO. The van der Waals surface area contributed by atoms with Crippen molar-refractivity contribution in [2.45, 2.75) is 59.6 Å². The number of hydrogen-bond donors (Lipinski definition) is 1. The lowest BCUT2D eigenvalue weighted by atomic mass is 9.87.